The fourth-order valence-corrected chi connectivity index (χ4v) is 2.23. The summed E-state index contributed by atoms with van der Waals surface area (Å²) in [6.45, 7) is 0. The van der Waals surface area contributed by atoms with E-state index in [0.717, 1.165) is 22.1 Å². The number of nitrogen functional groups attached to an aromatic ring is 1. The van der Waals surface area contributed by atoms with Gasteiger partial charge in [-0.05, 0) is 12.1 Å². The predicted octanol–water partition coefficient (Wildman–Crippen LogP) is 2.11. The van der Waals surface area contributed by atoms with Gasteiger partial charge < -0.3 is 14.9 Å². The minimum Gasteiger partial charge on any atom is -0.497 e. The van der Waals surface area contributed by atoms with Crippen molar-refractivity contribution in [2.45, 2.75) is 0 Å². The second-order valence-electron chi connectivity index (χ2n) is 3.25. The van der Waals surface area contributed by atoms with Gasteiger partial charge in [0, 0.05) is 11.4 Å². The quantitative estimate of drug-likeness (QED) is 0.643. The third-order valence-electron chi connectivity index (χ3n) is 2.29. The Bertz CT molecular complexity index is 513. The lowest BCUT2D eigenvalue weighted by Crippen LogP contribution is -2.06. The molecule has 2 rings (SSSR count). The fraction of sp³-hybridized carbons (Fsp3) is 0.182. The van der Waals surface area contributed by atoms with Crippen molar-refractivity contribution < 1.29 is 9.47 Å². The zero-order chi connectivity index (χ0) is 12.3. The van der Waals surface area contributed by atoms with Crippen molar-refractivity contribution in [3.8, 4) is 22.1 Å². The van der Waals surface area contributed by atoms with E-state index in [9.17, 15) is 0 Å². The molecule has 5 nitrogen and oxygen atoms in total. The Kier molecular flexibility index (Phi) is 3.46. The van der Waals surface area contributed by atoms with E-state index < -0.39 is 0 Å². The minimum atomic E-state index is 0.642. The summed E-state index contributed by atoms with van der Waals surface area (Å²) in [5.74, 6) is 7.42. The van der Waals surface area contributed by atoms with Gasteiger partial charge in [-0.3, -0.25) is 0 Å². The largest absolute Gasteiger partial charge is 0.497 e. The molecule has 0 spiro atoms. The zero-order valence-corrected chi connectivity index (χ0v) is 10.4. The third kappa shape index (κ3) is 2.32. The number of nitrogens with zero attached hydrogens (tertiary/aromatic N) is 1. The number of benzene rings is 1. The summed E-state index contributed by atoms with van der Waals surface area (Å²) in [6.07, 6.45) is 0. The van der Waals surface area contributed by atoms with Gasteiger partial charge in [0.15, 0.2) is 5.82 Å². The van der Waals surface area contributed by atoms with Crippen LogP contribution < -0.4 is 20.7 Å². The first kappa shape index (κ1) is 11.7. The van der Waals surface area contributed by atoms with Crippen LogP contribution in [-0.2, 0) is 0 Å². The highest BCUT2D eigenvalue weighted by molar-refractivity contribution is 7.13. The Morgan fingerprint density at radius 1 is 1.29 bits per heavy atom. The van der Waals surface area contributed by atoms with Crippen LogP contribution in [0.15, 0.2) is 23.6 Å². The van der Waals surface area contributed by atoms with Crippen molar-refractivity contribution >= 4 is 17.2 Å². The van der Waals surface area contributed by atoms with E-state index in [1.54, 1.807) is 14.2 Å². The lowest BCUT2D eigenvalue weighted by molar-refractivity contribution is 0.395. The number of aromatic nitrogens is 1. The van der Waals surface area contributed by atoms with Gasteiger partial charge in [-0.1, -0.05) is 0 Å². The monoisotopic (exact) mass is 251 g/mol. The first-order chi connectivity index (χ1) is 8.28. The number of nitrogens with two attached hydrogens (primary N) is 1. The van der Waals surface area contributed by atoms with Gasteiger partial charge in [0.2, 0.25) is 0 Å². The van der Waals surface area contributed by atoms with Gasteiger partial charge in [-0.25, -0.2) is 10.8 Å². The van der Waals surface area contributed by atoms with Gasteiger partial charge >= 0.3 is 0 Å². The van der Waals surface area contributed by atoms with E-state index in [-0.39, 0.29) is 0 Å². The number of thiazole rings is 1. The van der Waals surface area contributed by atoms with E-state index >= 15 is 0 Å². The average Bonchev–Trinajstić information content (AvgIpc) is 2.86. The molecule has 0 fully saturated rings. The zero-order valence-electron chi connectivity index (χ0n) is 9.56. The number of hydrogen-bond donors (Lipinski definition) is 2. The Hall–Kier alpha value is -1.79. The van der Waals surface area contributed by atoms with Crippen molar-refractivity contribution in [3.63, 3.8) is 0 Å². The van der Waals surface area contributed by atoms with E-state index in [1.165, 1.54) is 11.3 Å². The molecule has 0 aliphatic rings. The van der Waals surface area contributed by atoms with E-state index in [4.69, 9.17) is 15.3 Å². The molecule has 6 heteroatoms. The van der Waals surface area contributed by atoms with Crippen molar-refractivity contribution in [2.24, 2.45) is 5.84 Å². The van der Waals surface area contributed by atoms with Crippen LogP contribution in [0.4, 0.5) is 5.82 Å². The molecular formula is C11H13N3O2S. The maximum atomic E-state index is 5.32. The smallest absolute Gasteiger partial charge is 0.151 e. The van der Waals surface area contributed by atoms with Crippen molar-refractivity contribution in [3.05, 3.63) is 23.6 Å². The molecule has 0 saturated heterocycles. The highest BCUT2D eigenvalue weighted by Gasteiger charge is 2.11. The molecule has 17 heavy (non-hydrogen) atoms. The second-order valence-corrected chi connectivity index (χ2v) is 4.11. The summed E-state index contributed by atoms with van der Waals surface area (Å²) in [5.41, 5.74) is 3.43. The van der Waals surface area contributed by atoms with Gasteiger partial charge in [-0.2, -0.15) is 0 Å². The molecule has 0 aliphatic carbocycles. The maximum Gasteiger partial charge on any atom is 0.151 e. The predicted molar refractivity (Wildman–Crippen MR) is 68.5 cm³/mol. The van der Waals surface area contributed by atoms with Gasteiger partial charge in [0.05, 0.1) is 19.8 Å². The molecule has 3 N–H and O–H groups in total. The molecule has 0 atom stereocenters. The van der Waals surface area contributed by atoms with Crippen molar-refractivity contribution in [2.75, 3.05) is 19.6 Å². The first-order valence-electron chi connectivity index (χ1n) is 4.93. The van der Waals surface area contributed by atoms with E-state index in [1.807, 2.05) is 23.6 Å². The summed E-state index contributed by atoms with van der Waals surface area (Å²) in [4.78, 5) is 4.32. The number of nitrogens with one attached hydrogen (secondary N) is 1. The molecule has 1 aromatic carbocycles. The van der Waals surface area contributed by atoms with Crippen LogP contribution in [0.1, 0.15) is 0 Å². The standard InChI is InChI=1S/C11H13N3O2S/c1-15-7-3-4-8(9(5-7)16-2)11-13-10(14-12)6-17-11/h3-6,14H,12H2,1-2H3. The van der Waals surface area contributed by atoms with Gasteiger partial charge in [-0.15, -0.1) is 11.3 Å². The molecule has 0 saturated carbocycles. The van der Waals surface area contributed by atoms with E-state index in [2.05, 4.69) is 10.4 Å². The number of hydrogen-bond acceptors (Lipinski definition) is 6. The van der Waals surface area contributed by atoms with Crippen molar-refractivity contribution in [1.82, 2.24) is 4.98 Å². The molecule has 0 unspecified atom stereocenters. The normalized spacial score (nSPS) is 10.1. The molecule has 0 radical (unpaired) electrons. The van der Waals surface area contributed by atoms with Crippen LogP contribution in [0.25, 0.3) is 10.6 Å². The van der Waals surface area contributed by atoms with Gasteiger partial charge in [0.25, 0.3) is 0 Å². The summed E-state index contributed by atoms with van der Waals surface area (Å²) >= 11 is 1.50. The minimum absolute atomic E-state index is 0.642. The van der Waals surface area contributed by atoms with Crippen LogP contribution in [0.3, 0.4) is 0 Å². The highest BCUT2D eigenvalue weighted by atomic mass is 32.1. The fourth-order valence-electron chi connectivity index (χ4n) is 1.44. The summed E-state index contributed by atoms with van der Waals surface area (Å²) in [5, 5.41) is 2.69. The number of methoxy groups -OCH3 is 2. The lowest BCUT2D eigenvalue weighted by atomic mass is 10.2. The maximum absolute atomic E-state index is 5.32. The molecule has 1 aromatic heterocycles. The molecule has 0 aliphatic heterocycles. The average molecular weight is 251 g/mol. The Morgan fingerprint density at radius 2 is 2.12 bits per heavy atom. The SMILES string of the molecule is COc1ccc(-c2nc(NN)cs2)c(OC)c1. The molecular weight excluding hydrogens is 238 g/mol. The second kappa shape index (κ2) is 5.03. The number of anilines is 1. The van der Waals surface area contributed by atoms with Gasteiger partial charge in [0.1, 0.15) is 16.5 Å². The lowest BCUT2D eigenvalue weighted by Gasteiger charge is -2.08. The number of rotatable bonds is 4. The van der Waals surface area contributed by atoms with Crippen LogP contribution in [0.2, 0.25) is 0 Å². The molecule has 90 valence electrons. The Morgan fingerprint density at radius 3 is 2.71 bits per heavy atom. The number of hydrazine groups is 1. The summed E-state index contributed by atoms with van der Waals surface area (Å²) < 4.78 is 10.5. The molecule has 0 bridgehead atoms. The van der Waals surface area contributed by atoms with Crippen LogP contribution in [0, 0.1) is 0 Å². The third-order valence-corrected chi connectivity index (χ3v) is 3.17. The Labute approximate surface area is 103 Å². The summed E-state index contributed by atoms with van der Waals surface area (Å²) in [6, 6.07) is 5.61. The number of ether oxygens (including phenoxy) is 2. The highest BCUT2D eigenvalue weighted by Crippen LogP contribution is 2.35. The summed E-state index contributed by atoms with van der Waals surface area (Å²) in [7, 11) is 3.24. The molecule has 2 aromatic rings. The molecule has 0 amide bonds. The van der Waals surface area contributed by atoms with Crippen LogP contribution >= 0.6 is 11.3 Å². The van der Waals surface area contributed by atoms with Crippen molar-refractivity contribution in [1.29, 1.82) is 0 Å². The topological polar surface area (TPSA) is 69.4 Å². The van der Waals surface area contributed by atoms with E-state index in [0.29, 0.717) is 5.82 Å². The van der Waals surface area contributed by atoms with Crippen LogP contribution in [-0.4, -0.2) is 19.2 Å². The first-order valence-corrected chi connectivity index (χ1v) is 5.81. The molecule has 1 heterocycles. The Balaban J connectivity index is 2.43. The van der Waals surface area contributed by atoms with Crippen LogP contribution in [0.5, 0.6) is 11.5 Å².